The summed E-state index contributed by atoms with van der Waals surface area (Å²) in [6, 6.07) is 16.7. The molecule has 3 nitrogen and oxygen atoms in total. The van der Waals surface area contributed by atoms with E-state index in [1.807, 2.05) is 0 Å². The van der Waals surface area contributed by atoms with Gasteiger partial charge in [-0.05, 0) is 42.0 Å². The van der Waals surface area contributed by atoms with Crippen molar-refractivity contribution in [3.63, 3.8) is 0 Å². The zero-order valence-electron chi connectivity index (χ0n) is 14.3. The van der Waals surface area contributed by atoms with Crippen LogP contribution in [0.25, 0.3) is 21.8 Å². The van der Waals surface area contributed by atoms with Gasteiger partial charge in [-0.25, -0.2) is 0 Å². The highest BCUT2D eigenvalue weighted by molar-refractivity contribution is 6.31. The molecule has 0 atom stereocenters. The van der Waals surface area contributed by atoms with Crippen molar-refractivity contribution in [1.29, 1.82) is 0 Å². The Labute approximate surface area is 163 Å². The van der Waals surface area contributed by atoms with Crippen molar-refractivity contribution in [3.05, 3.63) is 82.4 Å². The number of nitrogens with zero attached hydrogens (tertiary/aromatic N) is 1. The van der Waals surface area contributed by atoms with Crippen molar-refractivity contribution in [2.24, 2.45) is 5.73 Å². The molecule has 1 amide bonds. The molecule has 3 aromatic carbocycles. The maximum atomic E-state index is 13.3. The Bertz CT molecular complexity index is 1230. The van der Waals surface area contributed by atoms with Crippen LogP contribution in [0.3, 0.4) is 0 Å². The van der Waals surface area contributed by atoms with Gasteiger partial charge in [-0.3, -0.25) is 4.79 Å². The predicted octanol–water partition coefficient (Wildman–Crippen LogP) is 5.41. The van der Waals surface area contributed by atoms with E-state index in [0.29, 0.717) is 26.8 Å². The van der Waals surface area contributed by atoms with E-state index >= 15 is 0 Å². The van der Waals surface area contributed by atoms with Crippen molar-refractivity contribution < 1.29 is 18.0 Å². The summed E-state index contributed by atoms with van der Waals surface area (Å²) in [4.78, 5) is 11.9. The molecule has 0 aliphatic rings. The molecule has 0 fully saturated rings. The first-order valence-corrected chi connectivity index (χ1v) is 8.72. The van der Waals surface area contributed by atoms with E-state index in [-0.39, 0.29) is 12.1 Å². The quantitative estimate of drug-likeness (QED) is 0.490. The largest absolute Gasteiger partial charge is 0.416 e. The second kappa shape index (κ2) is 6.56. The van der Waals surface area contributed by atoms with E-state index in [0.717, 1.165) is 17.7 Å². The zero-order valence-corrected chi connectivity index (χ0v) is 15.1. The first-order valence-electron chi connectivity index (χ1n) is 8.34. The molecule has 0 spiro atoms. The molecule has 141 valence electrons. The molecular weight excluding hydrogens is 389 g/mol. The Morgan fingerprint density at radius 1 is 1.11 bits per heavy atom. The summed E-state index contributed by atoms with van der Waals surface area (Å²) in [5, 5.41) is 1.38. The van der Waals surface area contributed by atoms with Gasteiger partial charge in [-0.1, -0.05) is 35.9 Å². The number of alkyl halides is 3. The third-order valence-electron chi connectivity index (χ3n) is 4.67. The van der Waals surface area contributed by atoms with Crippen molar-refractivity contribution in [3.8, 4) is 0 Å². The number of carbonyl (C=O) groups excluding carboxylic acids is 1. The number of benzene rings is 3. The Balaban J connectivity index is 2.08. The molecule has 2 N–H and O–H groups in total. The SMILES string of the molecule is NC(=O)c1cccc2c1c1[c]cc(C(F)(F)F)cc1n2Cc1ccccc1Cl. The molecule has 0 saturated carbocycles. The molecular formula is C21H13ClF3N2O. The number of rotatable bonds is 3. The fraction of sp³-hybridized carbons (Fsp3) is 0.0952. The Hall–Kier alpha value is -2.99. The van der Waals surface area contributed by atoms with Crippen LogP contribution in [0.2, 0.25) is 5.02 Å². The molecule has 0 aliphatic carbocycles. The third-order valence-corrected chi connectivity index (χ3v) is 5.04. The van der Waals surface area contributed by atoms with Crippen molar-refractivity contribution >= 4 is 39.3 Å². The number of nitrogens with two attached hydrogens (primary N) is 1. The van der Waals surface area contributed by atoms with Gasteiger partial charge in [0.15, 0.2) is 0 Å². The summed E-state index contributed by atoms with van der Waals surface area (Å²) in [6.45, 7) is 0.233. The number of primary amides is 1. The van der Waals surface area contributed by atoms with Crippen molar-refractivity contribution in [1.82, 2.24) is 4.57 Å². The van der Waals surface area contributed by atoms with Gasteiger partial charge in [0.25, 0.3) is 0 Å². The van der Waals surface area contributed by atoms with Gasteiger partial charge >= 0.3 is 6.18 Å². The first-order chi connectivity index (χ1) is 13.3. The summed E-state index contributed by atoms with van der Waals surface area (Å²) in [5.41, 5.74) is 6.54. The standard InChI is InChI=1S/C21H13ClF3N2O/c22-16-6-2-1-4-12(16)11-27-17-7-3-5-15(20(26)28)19(17)14-9-8-13(10-18(14)27)21(23,24)25/h1-8,10H,11H2,(H2,26,28). The second-order valence-corrected chi connectivity index (χ2v) is 6.80. The van der Waals surface area contributed by atoms with Gasteiger partial charge in [0, 0.05) is 27.9 Å². The Morgan fingerprint density at radius 3 is 2.54 bits per heavy atom. The lowest BCUT2D eigenvalue weighted by molar-refractivity contribution is -0.137. The summed E-state index contributed by atoms with van der Waals surface area (Å²) in [6.07, 6.45) is -4.51. The summed E-state index contributed by atoms with van der Waals surface area (Å²) >= 11 is 6.25. The highest BCUT2D eigenvalue weighted by Crippen LogP contribution is 2.37. The minimum absolute atomic E-state index is 0.233. The predicted molar refractivity (Wildman–Crippen MR) is 102 cm³/mol. The number of fused-ring (bicyclic) bond motifs is 3. The average Bonchev–Trinajstić information content (AvgIpc) is 2.96. The molecule has 1 heterocycles. The number of carbonyl (C=O) groups is 1. The van der Waals surface area contributed by atoms with E-state index in [2.05, 4.69) is 6.07 Å². The molecule has 0 bridgehead atoms. The fourth-order valence-electron chi connectivity index (χ4n) is 3.39. The number of hydrogen-bond donors (Lipinski definition) is 1. The van der Waals surface area contributed by atoms with Crippen molar-refractivity contribution in [2.75, 3.05) is 0 Å². The number of amides is 1. The van der Waals surface area contributed by atoms with Crippen LogP contribution in [0, 0.1) is 6.07 Å². The van der Waals surface area contributed by atoms with Gasteiger partial charge in [0.05, 0.1) is 16.6 Å². The highest BCUT2D eigenvalue weighted by Gasteiger charge is 2.31. The van der Waals surface area contributed by atoms with Crippen LogP contribution in [-0.4, -0.2) is 10.5 Å². The topological polar surface area (TPSA) is 48.0 Å². The average molecular weight is 402 g/mol. The van der Waals surface area contributed by atoms with E-state index in [9.17, 15) is 18.0 Å². The van der Waals surface area contributed by atoms with E-state index in [4.69, 9.17) is 17.3 Å². The lowest BCUT2D eigenvalue weighted by Crippen LogP contribution is -2.11. The van der Waals surface area contributed by atoms with E-state index in [1.54, 1.807) is 47.0 Å². The lowest BCUT2D eigenvalue weighted by Gasteiger charge is -2.11. The number of hydrogen-bond acceptors (Lipinski definition) is 1. The van der Waals surface area contributed by atoms with Crippen LogP contribution in [-0.2, 0) is 12.7 Å². The summed E-state index contributed by atoms with van der Waals surface area (Å²) in [7, 11) is 0. The molecule has 4 aromatic rings. The normalized spacial score (nSPS) is 12.0. The van der Waals surface area contributed by atoms with Crippen LogP contribution < -0.4 is 5.73 Å². The van der Waals surface area contributed by atoms with Crippen molar-refractivity contribution in [2.45, 2.75) is 12.7 Å². The molecule has 0 unspecified atom stereocenters. The van der Waals surface area contributed by atoms with Crippen LogP contribution in [0.15, 0.2) is 54.6 Å². The first kappa shape index (κ1) is 18.4. The highest BCUT2D eigenvalue weighted by atomic mass is 35.5. The van der Waals surface area contributed by atoms with Crippen LogP contribution in [0.5, 0.6) is 0 Å². The molecule has 0 aliphatic heterocycles. The molecule has 7 heteroatoms. The van der Waals surface area contributed by atoms with E-state index < -0.39 is 17.6 Å². The maximum Gasteiger partial charge on any atom is 0.416 e. The van der Waals surface area contributed by atoms with Gasteiger partial charge < -0.3 is 10.3 Å². The second-order valence-electron chi connectivity index (χ2n) is 6.39. The van der Waals surface area contributed by atoms with Crippen LogP contribution in [0.4, 0.5) is 13.2 Å². The molecule has 28 heavy (non-hydrogen) atoms. The Morgan fingerprint density at radius 2 is 1.86 bits per heavy atom. The van der Waals surface area contributed by atoms with Gasteiger partial charge in [-0.2, -0.15) is 13.2 Å². The van der Waals surface area contributed by atoms with Crippen LogP contribution in [0.1, 0.15) is 21.5 Å². The number of aromatic nitrogens is 1. The molecule has 1 aromatic heterocycles. The monoisotopic (exact) mass is 401 g/mol. The lowest BCUT2D eigenvalue weighted by atomic mass is 10.0. The van der Waals surface area contributed by atoms with Gasteiger partial charge in [-0.15, -0.1) is 0 Å². The maximum absolute atomic E-state index is 13.3. The van der Waals surface area contributed by atoms with Gasteiger partial charge in [0.2, 0.25) is 5.91 Å². The summed E-state index contributed by atoms with van der Waals surface area (Å²) < 4.78 is 41.5. The van der Waals surface area contributed by atoms with Crippen LogP contribution >= 0.6 is 11.6 Å². The minimum Gasteiger partial charge on any atom is -0.366 e. The number of halogens is 4. The zero-order chi connectivity index (χ0) is 20.1. The minimum atomic E-state index is -4.51. The van der Waals surface area contributed by atoms with Gasteiger partial charge in [0.1, 0.15) is 0 Å². The molecule has 4 rings (SSSR count). The smallest absolute Gasteiger partial charge is 0.366 e. The molecule has 0 saturated heterocycles. The fourth-order valence-corrected chi connectivity index (χ4v) is 3.59. The third kappa shape index (κ3) is 2.99. The van der Waals surface area contributed by atoms with E-state index in [1.165, 1.54) is 0 Å². The molecule has 1 radical (unpaired) electrons. The Kier molecular flexibility index (Phi) is 4.31. The summed E-state index contributed by atoms with van der Waals surface area (Å²) in [5.74, 6) is -0.657.